The third-order valence-corrected chi connectivity index (χ3v) is 4.46. The second kappa shape index (κ2) is 6.95. The summed E-state index contributed by atoms with van der Waals surface area (Å²) in [7, 11) is 1.80. The summed E-state index contributed by atoms with van der Waals surface area (Å²) in [6, 6.07) is 8.14. The number of carbonyl (C=O) groups excluding carboxylic acids is 1. The van der Waals surface area contributed by atoms with Crippen LogP contribution in [0.3, 0.4) is 0 Å². The lowest BCUT2D eigenvalue weighted by Gasteiger charge is -2.24. The number of hydrogen-bond acceptors (Lipinski definition) is 4. The largest absolute Gasteiger partial charge is 0.371 e. The first-order valence-electron chi connectivity index (χ1n) is 8.34. The highest BCUT2D eigenvalue weighted by Gasteiger charge is 2.19. The molecule has 2 aromatic rings. The van der Waals surface area contributed by atoms with Crippen LogP contribution in [0.4, 0.5) is 16.2 Å². The fourth-order valence-corrected chi connectivity index (χ4v) is 3.10. The number of rotatable bonds is 4. The van der Waals surface area contributed by atoms with Gasteiger partial charge in [-0.2, -0.15) is 0 Å². The van der Waals surface area contributed by atoms with E-state index in [1.165, 1.54) is 18.5 Å². The first-order valence-corrected chi connectivity index (χ1v) is 8.34. The second-order valence-electron chi connectivity index (χ2n) is 6.31. The van der Waals surface area contributed by atoms with Crippen LogP contribution in [0.2, 0.25) is 0 Å². The molecule has 0 bridgehead atoms. The highest BCUT2D eigenvalue weighted by atomic mass is 16.5. The Hall–Kier alpha value is -2.50. The van der Waals surface area contributed by atoms with Crippen molar-refractivity contribution in [3.63, 3.8) is 0 Å². The molecule has 0 spiro atoms. The Bertz CT molecular complexity index is 700. The Kier molecular flexibility index (Phi) is 4.74. The van der Waals surface area contributed by atoms with E-state index in [1.807, 2.05) is 13.0 Å². The lowest BCUT2D eigenvalue weighted by molar-refractivity contribution is 0.220. The van der Waals surface area contributed by atoms with Crippen LogP contribution in [0, 0.1) is 13.8 Å². The molecule has 24 heavy (non-hydrogen) atoms. The van der Waals surface area contributed by atoms with Gasteiger partial charge in [0.1, 0.15) is 11.4 Å². The summed E-state index contributed by atoms with van der Waals surface area (Å²) < 4.78 is 5.09. The molecule has 3 rings (SSSR count). The van der Waals surface area contributed by atoms with E-state index in [4.69, 9.17) is 4.52 Å². The van der Waals surface area contributed by atoms with Gasteiger partial charge in [0.25, 0.3) is 0 Å². The fourth-order valence-electron chi connectivity index (χ4n) is 3.10. The van der Waals surface area contributed by atoms with Crippen molar-refractivity contribution in [3.05, 3.63) is 41.3 Å². The number of aromatic nitrogens is 1. The molecule has 2 amide bonds. The molecule has 0 radical (unpaired) electrons. The summed E-state index contributed by atoms with van der Waals surface area (Å²) in [4.78, 5) is 16.6. The normalized spacial score (nSPS) is 14.0. The van der Waals surface area contributed by atoms with Gasteiger partial charge < -0.3 is 19.6 Å². The molecule has 1 aromatic heterocycles. The number of hydrogen-bond donors (Lipinski definition) is 1. The molecule has 0 aliphatic carbocycles. The molecule has 0 atom stereocenters. The number of amides is 2. The zero-order chi connectivity index (χ0) is 17.1. The summed E-state index contributed by atoms with van der Waals surface area (Å²) in [5.41, 5.74) is 3.73. The molecule has 1 aliphatic rings. The van der Waals surface area contributed by atoms with Crippen molar-refractivity contribution in [3.8, 4) is 0 Å². The van der Waals surface area contributed by atoms with Gasteiger partial charge in [0.15, 0.2) is 5.76 Å². The van der Waals surface area contributed by atoms with E-state index in [-0.39, 0.29) is 6.03 Å². The molecule has 1 fully saturated rings. The van der Waals surface area contributed by atoms with Gasteiger partial charge in [0.2, 0.25) is 0 Å². The van der Waals surface area contributed by atoms with Crippen LogP contribution in [-0.2, 0) is 6.54 Å². The van der Waals surface area contributed by atoms with E-state index in [0.29, 0.717) is 23.7 Å². The molecule has 1 saturated heterocycles. The zero-order valence-corrected chi connectivity index (χ0v) is 14.5. The van der Waals surface area contributed by atoms with Crippen molar-refractivity contribution in [2.75, 3.05) is 30.4 Å². The average Bonchev–Trinajstić information content (AvgIpc) is 3.21. The van der Waals surface area contributed by atoms with Crippen molar-refractivity contribution < 1.29 is 9.32 Å². The number of nitrogens with one attached hydrogen (secondary N) is 1. The van der Waals surface area contributed by atoms with Crippen LogP contribution < -0.4 is 10.2 Å². The predicted octanol–water partition coefficient (Wildman–Crippen LogP) is 3.56. The van der Waals surface area contributed by atoms with Crippen LogP contribution in [-0.4, -0.2) is 36.2 Å². The van der Waals surface area contributed by atoms with E-state index >= 15 is 0 Å². The number of aryl methyl sites for hydroxylation is 2. The Morgan fingerprint density at radius 1 is 1.29 bits per heavy atom. The van der Waals surface area contributed by atoms with Gasteiger partial charge in [-0.15, -0.1) is 0 Å². The van der Waals surface area contributed by atoms with Crippen molar-refractivity contribution in [2.45, 2.75) is 33.2 Å². The number of carbonyl (C=O) groups is 1. The smallest absolute Gasteiger partial charge is 0.322 e. The molecular weight excluding hydrogens is 304 g/mol. The minimum Gasteiger partial charge on any atom is -0.371 e. The first kappa shape index (κ1) is 16.4. The van der Waals surface area contributed by atoms with Crippen LogP contribution in [0.15, 0.2) is 28.8 Å². The average molecular weight is 328 g/mol. The molecule has 0 unspecified atom stereocenters. The predicted molar refractivity (Wildman–Crippen MR) is 94.4 cm³/mol. The minimum atomic E-state index is -0.166. The van der Waals surface area contributed by atoms with Gasteiger partial charge in [0.05, 0.1) is 0 Å². The molecule has 2 heterocycles. The van der Waals surface area contributed by atoms with E-state index < -0.39 is 0 Å². The summed E-state index contributed by atoms with van der Waals surface area (Å²) >= 11 is 0. The molecule has 6 heteroatoms. The van der Waals surface area contributed by atoms with Crippen molar-refractivity contribution >= 4 is 17.4 Å². The van der Waals surface area contributed by atoms with Gasteiger partial charge in [-0.25, -0.2) is 4.79 Å². The second-order valence-corrected chi connectivity index (χ2v) is 6.31. The molecule has 0 saturated carbocycles. The SMILES string of the molecule is Cc1noc(C)c1NC(=O)N(C)Cc1ccccc1N1CCCC1. The summed E-state index contributed by atoms with van der Waals surface area (Å²) in [5, 5.41) is 6.75. The highest BCUT2D eigenvalue weighted by Crippen LogP contribution is 2.26. The molecule has 1 aromatic carbocycles. The lowest BCUT2D eigenvalue weighted by atomic mass is 10.1. The molecule has 1 aliphatic heterocycles. The summed E-state index contributed by atoms with van der Waals surface area (Å²) in [6.07, 6.45) is 2.47. The van der Waals surface area contributed by atoms with Gasteiger partial charge in [-0.05, 0) is 38.3 Å². The van der Waals surface area contributed by atoms with E-state index in [1.54, 1.807) is 18.9 Å². The van der Waals surface area contributed by atoms with Crippen LogP contribution in [0.1, 0.15) is 29.9 Å². The summed E-state index contributed by atoms with van der Waals surface area (Å²) in [6.45, 7) is 6.34. The first-order chi connectivity index (χ1) is 11.6. The van der Waals surface area contributed by atoms with Crippen molar-refractivity contribution in [1.82, 2.24) is 10.1 Å². The highest BCUT2D eigenvalue weighted by molar-refractivity contribution is 5.90. The number of anilines is 2. The quantitative estimate of drug-likeness (QED) is 0.932. The number of urea groups is 1. The maximum absolute atomic E-state index is 12.5. The zero-order valence-electron chi connectivity index (χ0n) is 14.5. The minimum absolute atomic E-state index is 0.166. The maximum Gasteiger partial charge on any atom is 0.322 e. The Labute approximate surface area is 142 Å². The molecule has 128 valence electrons. The lowest BCUT2D eigenvalue weighted by Crippen LogP contribution is -2.32. The van der Waals surface area contributed by atoms with E-state index in [2.05, 4.69) is 33.6 Å². The van der Waals surface area contributed by atoms with Crippen LogP contribution in [0.5, 0.6) is 0 Å². The van der Waals surface area contributed by atoms with E-state index in [0.717, 1.165) is 18.7 Å². The van der Waals surface area contributed by atoms with E-state index in [9.17, 15) is 4.79 Å². The topological polar surface area (TPSA) is 61.6 Å². The number of benzene rings is 1. The van der Waals surface area contributed by atoms with Gasteiger partial charge >= 0.3 is 6.03 Å². The third-order valence-electron chi connectivity index (χ3n) is 4.46. The molecular formula is C18H24N4O2. The van der Waals surface area contributed by atoms with Gasteiger partial charge in [-0.1, -0.05) is 23.4 Å². The molecule has 6 nitrogen and oxygen atoms in total. The van der Waals surface area contributed by atoms with Crippen molar-refractivity contribution in [2.24, 2.45) is 0 Å². The van der Waals surface area contributed by atoms with Gasteiger partial charge in [-0.3, -0.25) is 0 Å². The molecule has 1 N–H and O–H groups in total. The van der Waals surface area contributed by atoms with Crippen molar-refractivity contribution in [1.29, 1.82) is 0 Å². The number of para-hydroxylation sites is 1. The maximum atomic E-state index is 12.5. The van der Waals surface area contributed by atoms with Crippen LogP contribution in [0.25, 0.3) is 0 Å². The third kappa shape index (κ3) is 3.37. The standard InChI is InChI=1S/C18H24N4O2/c1-13-17(14(2)24-20-13)19-18(23)21(3)12-15-8-4-5-9-16(15)22-10-6-7-11-22/h4-5,8-9H,6-7,10-12H2,1-3H3,(H,19,23). The Morgan fingerprint density at radius 3 is 2.67 bits per heavy atom. The van der Waals surface area contributed by atoms with Gasteiger partial charge in [0, 0.05) is 32.4 Å². The monoisotopic (exact) mass is 328 g/mol. The van der Waals surface area contributed by atoms with Crippen LogP contribution >= 0.6 is 0 Å². The fraction of sp³-hybridized carbons (Fsp3) is 0.444. The number of nitrogens with zero attached hydrogens (tertiary/aromatic N) is 3. The Balaban J connectivity index is 1.70. The Morgan fingerprint density at radius 2 is 2.00 bits per heavy atom. The summed E-state index contributed by atoms with van der Waals surface area (Å²) in [5.74, 6) is 0.617.